The van der Waals surface area contributed by atoms with Gasteiger partial charge in [-0.25, -0.2) is 5.43 Å². The number of hydrazone groups is 1. The molecular formula is C12H10N6O6. The standard InChI is InChI=1S/C12H10N6O6/c1-16-3-2-9(15-16)12(20)14-13-6-7-4-8(17(21)22)5-10(11(7)19)18(23)24/h2-6,19H,1H3,(H,14,20)/b13-6-. The lowest BCUT2D eigenvalue weighted by molar-refractivity contribution is -0.394. The fourth-order valence-corrected chi connectivity index (χ4v) is 1.72. The van der Waals surface area contributed by atoms with E-state index < -0.39 is 32.9 Å². The van der Waals surface area contributed by atoms with Crippen molar-refractivity contribution in [2.45, 2.75) is 0 Å². The van der Waals surface area contributed by atoms with Crippen molar-refractivity contribution in [3.8, 4) is 5.75 Å². The maximum atomic E-state index is 11.7. The van der Waals surface area contributed by atoms with Crippen molar-refractivity contribution in [3.05, 3.63) is 55.9 Å². The summed E-state index contributed by atoms with van der Waals surface area (Å²) in [5, 5.41) is 38.7. The van der Waals surface area contributed by atoms with E-state index in [1.807, 2.05) is 0 Å². The van der Waals surface area contributed by atoms with Crippen LogP contribution < -0.4 is 5.43 Å². The van der Waals surface area contributed by atoms with Gasteiger partial charge in [0.05, 0.1) is 27.7 Å². The molecule has 0 aliphatic heterocycles. The summed E-state index contributed by atoms with van der Waals surface area (Å²) in [4.78, 5) is 31.5. The molecule has 0 fully saturated rings. The Hall–Kier alpha value is -3.83. The van der Waals surface area contributed by atoms with E-state index in [2.05, 4.69) is 15.6 Å². The molecule has 124 valence electrons. The van der Waals surface area contributed by atoms with Crippen molar-refractivity contribution in [2.24, 2.45) is 12.1 Å². The Morgan fingerprint density at radius 2 is 2.08 bits per heavy atom. The highest BCUT2D eigenvalue weighted by Gasteiger charge is 2.23. The van der Waals surface area contributed by atoms with Gasteiger partial charge in [0.15, 0.2) is 5.69 Å². The molecule has 0 spiro atoms. The molecular weight excluding hydrogens is 324 g/mol. The summed E-state index contributed by atoms with van der Waals surface area (Å²) in [6, 6.07) is 2.94. The Labute approximate surface area is 133 Å². The van der Waals surface area contributed by atoms with E-state index in [1.54, 1.807) is 7.05 Å². The molecule has 1 heterocycles. The van der Waals surface area contributed by atoms with Crippen molar-refractivity contribution >= 4 is 23.5 Å². The first kappa shape index (κ1) is 16.5. The van der Waals surface area contributed by atoms with Gasteiger partial charge in [0.2, 0.25) is 5.75 Å². The fraction of sp³-hybridized carbons (Fsp3) is 0.0833. The summed E-state index contributed by atoms with van der Waals surface area (Å²) >= 11 is 0. The number of hydrogen-bond acceptors (Lipinski definition) is 8. The third kappa shape index (κ3) is 3.49. The second-order valence-electron chi connectivity index (χ2n) is 4.49. The number of benzene rings is 1. The molecule has 24 heavy (non-hydrogen) atoms. The highest BCUT2D eigenvalue weighted by Crippen LogP contribution is 2.33. The average molecular weight is 334 g/mol. The Bertz CT molecular complexity index is 858. The topological polar surface area (TPSA) is 166 Å². The van der Waals surface area contributed by atoms with E-state index in [9.17, 15) is 30.1 Å². The normalized spacial score (nSPS) is 10.7. The first-order valence-electron chi connectivity index (χ1n) is 6.28. The maximum Gasteiger partial charge on any atom is 0.318 e. The van der Waals surface area contributed by atoms with E-state index in [0.717, 1.165) is 12.3 Å². The molecule has 0 aliphatic carbocycles. The Morgan fingerprint density at radius 3 is 2.62 bits per heavy atom. The quantitative estimate of drug-likeness (QED) is 0.461. The number of nitrogens with one attached hydrogen (secondary N) is 1. The number of nitrogens with zero attached hydrogens (tertiary/aromatic N) is 5. The van der Waals surface area contributed by atoms with Gasteiger partial charge in [-0.15, -0.1) is 0 Å². The minimum Gasteiger partial charge on any atom is -0.502 e. The predicted octanol–water partition coefficient (Wildman–Crippen LogP) is 0.706. The van der Waals surface area contributed by atoms with Crippen LogP contribution in [-0.2, 0) is 7.05 Å². The summed E-state index contributed by atoms with van der Waals surface area (Å²) < 4.78 is 1.40. The van der Waals surface area contributed by atoms with Gasteiger partial charge in [0, 0.05) is 19.3 Å². The van der Waals surface area contributed by atoms with Gasteiger partial charge >= 0.3 is 5.69 Å². The molecule has 2 rings (SSSR count). The average Bonchev–Trinajstić information content (AvgIpc) is 2.94. The van der Waals surface area contributed by atoms with Crippen LogP contribution in [0.3, 0.4) is 0 Å². The number of phenolic OH excluding ortho intramolecular Hbond substituents is 1. The largest absolute Gasteiger partial charge is 0.502 e. The maximum absolute atomic E-state index is 11.7. The van der Waals surface area contributed by atoms with E-state index in [4.69, 9.17) is 0 Å². The molecule has 0 bridgehead atoms. The van der Waals surface area contributed by atoms with Crippen LogP contribution in [0.4, 0.5) is 11.4 Å². The van der Waals surface area contributed by atoms with Crippen molar-refractivity contribution in [2.75, 3.05) is 0 Å². The Balaban J connectivity index is 2.26. The molecule has 1 aromatic heterocycles. The van der Waals surface area contributed by atoms with Crippen LogP contribution in [0.25, 0.3) is 0 Å². The minimum atomic E-state index is -0.966. The van der Waals surface area contributed by atoms with Crippen LogP contribution in [0.1, 0.15) is 16.1 Å². The van der Waals surface area contributed by atoms with Crippen molar-refractivity contribution in [3.63, 3.8) is 0 Å². The number of carbonyl (C=O) groups is 1. The number of phenols is 1. The molecule has 0 atom stereocenters. The first-order valence-corrected chi connectivity index (χ1v) is 6.28. The molecule has 0 saturated carbocycles. The van der Waals surface area contributed by atoms with E-state index in [0.29, 0.717) is 6.07 Å². The molecule has 0 unspecified atom stereocenters. The number of aromatic nitrogens is 2. The Kier molecular flexibility index (Phi) is 4.49. The lowest BCUT2D eigenvalue weighted by Crippen LogP contribution is -2.18. The molecule has 1 aromatic carbocycles. The van der Waals surface area contributed by atoms with Gasteiger partial charge < -0.3 is 5.11 Å². The van der Waals surface area contributed by atoms with Gasteiger partial charge in [0.1, 0.15) is 0 Å². The summed E-state index contributed by atoms with van der Waals surface area (Å²) in [5.74, 6) is -1.47. The summed E-state index contributed by atoms with van der Waals surface area (Å²) in [7, 11) is 1.61. The van der Waals surface area contributed by atoms with E-state index in [1.165, 1.54) is 16.9 Å². The van der Waals surface area contributed by atoms with Crippen molar-refractivity contribution in [1.29, 1.82) is 0 Å². The molecule has 2 N–H and O–H groups in total. The molecule has 1 amide bonds. The van der Waals surface area contributed by atoms with Gasteiger partial charge in [0.25, 0.3) is 11.6 Å². The number of carbonyl (C=O) groups excluding carboxylic acids is 1. The van der Waals surface area contributed by atoms with E-state index in [-0.39, 0.29) is 11.3 Å². The highest BCUT2D eigenvalue weighted by molar-refractivity contribution is 5.93. The van der Waals surface area contributed by atoms with Crippen LogP contribution in [0.15, 0.2) is 29.5 Å². The van der Waals surface area contributed by atoms with Crippen LogP contribution in [-0.4, -0.2) is 36.9 Å². The van der Waals surface area contributed by atoms with Crippen molar-refractivity contribution < 1.29 is 19.7 Å². The number of aromatic hydroxyl groups is 1. The Morgan fingerprint density at radius 1 is 1.38 bits per heavy atom. The fourth-order valence-electron chi connectivity index (χ4n) is 1.72. The SMILES string of the molecule is Cn1ccc(C(=O)N/N=C\c2cc([N+](=O)[O-])cc([N+](=O)[O-])c2O)n1. The van der Waals surface area contributed by atoms with Crippen LogP contribution in [0, 0.1) is 20.2 Å². The highest BCUT2D eigenvalue weighted by atomic mass is 16.6. The molecule has 12 nitrogen and oxygen atoms in total. The number of non-ortho nitro benzene ring substituents is 1. The summed E-state index contributed by atoms with van der Waals surface area (Å²) in [6.07, 6.45) is 2.39. The van der Waals surface area contributed by atoms with Gasteiger partial charge in [-0.1, -0.05) is 0 Å². The first-order chi connectivity index (χ1) is 11.3. The number of amides is 1. The molecule has 0 radical (unpaired) electrons. The number of aryl methyl sites for hydroxylation is 1. The zero-order valence-electron chi connectivity index (χ0n) is 12.1. The monoisotopic (exact) mass is 334 g/mol. The second kappa shape index (κ2) is 6.51. The van der Waals surface area contributed by atoms with Crippen LogP contribution >= 0.6 is 0 Å². The lowest BCUT2D eigenvalue weighted by Gasteiger charge is -2.01. The second-order valence-corrected chi connectivity index (χ2v) is 4.49. The molecule has 0 aliphatic rings. The third-order valence-electron chi connectivity index (χ3n) is 2.83. The molecule has 2 aromatic rings. The number of nitro groups is 2. The summed E-state index contributed by atoms with van der Waals surface area (Å²) in [6.45, 7) is 0. The zero-order valence-corrected chi connectivity index (χ0v) is 12.1. The predicted molar refractivity (Wildman–Crippen MR) is 79.7 cm³/mol. The number of rotatable bonds is 5. The zero-order chi connectivity index (χ0) is 17.9. The lowest BCUT2D eigenvalue weighted by atomic mass is 10.1. The molecule has 12 heteroatoms. The van der Waals surface area contributed by atoms with Gasteiger partial charge in [-0.2, -0.15) is 10.2 Å². The third-order valence-corrected chi connectivity index (χ3v) is 2.83. The van der Waals surface area contributed by atoms with Crippen LogP contribution in [0.2, 0.25) is 0 Å². The van der Waals surface area contributed by atoms with Gasteiger partial charge in [-0.3, -0.25) is 29.7 Å². The minimum absolute atomic E-state index is 0.0731. The molecule has 0 saturated heterocycles. The van der Waals surface area contributed by atoms with Crippen LogP contribution in [0.5, 0.6) is 5.75 Å². The smallest absolute Gasteiger partial charge is 0.318 e. The van der Waals surface area contributed by atoms with E-state index >= 15 is 0 Å². The van der Waals surface area contributed by atoms with Crippen molar-refractivity contribution in [1.82, 2.24) is 15.2 Å². The summed E-state index contributed by atoms with van der Waals surface area (Å²) in [5.41, 5.74) is 0.422. The van der Waals surface area contributed by atoms with Gasteiger partial charge in [-0.05, 0) is 6.07 Å². The number of nitro benzene ring substituents is 2. The number of hydrogen-bond donors (Lipinski definition) is 2.